The van der Waals surface area contributed by atoms with Gasteiger partial charge in [0.15, 0.2) is 5.78 Å². The maximum atomic E-state index is 12.8. The summed E-state index contributed by atoms with van der Waals surface area (Å²) in [6, 6.07) is 7.37. The lowest BCUT2D eigenvalue weighted by atomic mass is 10.0. The van der Waals surface area contributed by atoms with Crippen molar-refractivity contribution in [3.8, 4) is 0 Å². The molecular formula is C15H11F3N2O. The van der Waals surface area contributed by atoms with Gasteiger partial charge in [-0.1, -0.05) is 18.2 Å². The van der Waals surface area contributed by atoms with E-state index in [9.17, 15) is 18.0 Å². The van der Waals surface area contributed by atoms with Crippen LogP contribution in [0.2, 0.25) is 0 Å². The summed E-state index contributed by atoms with van der Waals surface area (Å²) in [6.07, 6.45) is -0.169. The van der Waals surface area contributed by atoms with Crippen molar-refractivity contribution in [2.75, 3.05) is 5.73 Å². The minimum atomic E-state index is -4.59. The monoisotopic (exact) mass is 292 g/mol. The summed E-state index contributed by atoms with van der Waals surface area (Å²) in [5.41, 5.74) is 5.27. The normalized spacial score (nSPS) is 11.8. The first-order valence-corrected chi connectivity index (χ1v) is 5.97. The quantitative estimate of drug-likeness (QED) is 0.534. The summed E-state index contributed by atoms with van der Waals surface area (Å²) < 4.78 is 38.4. The Morgan fingerprint density at radius 3 is 2.43 bits per heavy atom. The predicted octanol–water partition coefficient (Wildman–Crippen LogP) is 3.58. The Kier molecular flexibility index (Phi) is 4.07. The van der Waals surface area contributed by atoms with Crippen molar-refractivity contribution in [2.24, 2.45) is 0 Å². The van der Waals surface area contributed by atoms with Gasteiger partial charge < -0.3 is 5.73 Å². The summed E-state index contributed by atoms with van der Waals surface area (Å²) in [4.78, 5) is 15.5. The number of aromatic nitrogens is 1. The Bertz CT molecular complexity index is 676. The average Bonchev–Trinajstić information content (AvgIpc) is 2.45. The number of carbonyl (C=O) groups is 1. The number of hydrogen-bond acceptors (Lipinski definition) is 3. The smallest absolute Gasteiger partial charge is 0.399 e. The molecule has 0 saturated carbocycles. The first kappa shape index (κ1) is 14.8. The van der Waals surface area contributed by atoms with Crippen LogP contribution in [0.4, 0.5) is 18.9 Å². The third-order valence-electron chi connectivity index (χ3n) is 2.76. The molecule has 3 nitrogen and oxygen atoms in total. The van der Waals surface area contributed by atoms with E-state index < -0.39 is 23.1 Å². The molecule has 0 unspecified atom stereocenters. The van der Waals surface area contributed by atoms with Gasteiger partial charge in [-0.3, -0.25) is 9.78 Å². The molecule has 0 aliphatic heterocycles. The van der Waals surface area contributed by atoms with Crippen LogP contribution in [0.5, 0.6) is 0 Å². The van der Waals surface area contributed by atoms with E-state index in [1.165, 1.54) is 6.08 Å². The number of nitrogens with two attached hydrogens (primary N) is 1. The Morgan fingerprint density at radius 1 is 1.14 bits per heavy atom. The zero-order chi connectivity index (χ0) is 15.5. The van der Waals surface area contributed by atoms with Crippen LogP contribution in [0, 0.1) is 0 Å². The standard InChI is InChI=1S/C15H11F3N2O/c16-15(17,18)13-7-8-20-9-12(13)14(21)6-3-10-1-4-11(19)5-2-10/h1-9H,19H2/b6-3+. The molecule has 0 spiro atoms. The van der Waals surface area contributed by atoms with Gasteiger partial charge in [0.1, 0.15) is 0 Å². The minimum absolute atomic E-state index is 0.475. The van der Waals surface area contributed by atoms with Gasteiger partial charge in [-0.2, -0.15) is 13.2 Å². The van der Waals surface area contributed by atoms with E-state index in [0.717, 1.165) is 24.5 Å². The van der Waals surface area contributed by atoms with Gasteiger partial charge in [0.05, 0.1) is 11.1 Å². The van der Waals surface area contributed by atoms with Crippen LogP contribution in [-0.4, -0.2) is 10.8 Å². The molecular weight excluding hydrogens is 281 g/mol. The van der Waals surface area contributed by atoms with Crippen molar-refractivity contribution in [2.45, 2.75) is 6.18 Å². The molecule has 0 aliphatic carbocycles. The molecule has 1 aromatic carbocycles. The first-order valence-electron chi connectivity index (χ1n) is 5.97. The van der Waals surface area contributed by atoms with E-state index in [0.29, 0.717) is 11.3 Å². The number of nitrogens with zero attached hydrogens (tertiary/aromatic N) is 1. The Labute approximate surface area is 118 Å². The highest BCUT2D eigenvalue weighted by Gasteiger charge is 2.34. The van der Waals surface area contributed by atoms with E-state index in [4.69, 9.17) is 5.73 Å². The highest BCUT2D eigenvalue weighted by atomic mass is 19.4. The van der Waals surface area contributed by atoms with Crippen molar-refractivity contribution in [1.82, 2.24) is 4.98 Å². The van der Waals surface area contributed by atoms with Crippen molar-refractivity contribution in [3.05, 3.63) is 65.5 Å². The lowest BCUT2D eigenvalue weighted by molar-refractivity contribution is -0.137. The van der Waals surface area contributed by atoms with Crippen LogP contribution >= 0.6 is 0 Å². The Balaban J connectivity index is 2.27. The van der Waals surface area contributed by atoms with Crippen LogP contribution in [0.25, 0.3) is 6.08 Å². The van der Waals surface area contributed by atoms with Crippen LogP contribution in [0.15, 0.2) is 48.8 Å². The number of halogens is 3. The minimum Gasteiger partial charge on any atom is -0.399 e. The number of carbonyl (C=O) groups excluding carboxylic acids is 1. The van der Waals surface area contributed by atoms with Crippen molar-refractivity contribution in [1.29, 1.82) is 0 Å². The molecule has 1 aromatic heterocycles. The van der Waals surface area contributed by atoms with E-state index in [1.807, 2.05) is 0 Å². The predicted molar refractivity (Wildman–Crippen MR) is 73.5 cm³/mol. The summed E-state index contributed by atoms with van der Waals surface area (Å²) in [5, 5.41) is 0. The van der Waals surface area contributed by atoms with Gasteiger partial charge in [0.25, 0.3) is 0 Å². The number of rotatable bonds is 3. The topological polar surface area (TPSA) is 56.0 Å². The highest BCUT2D eigenvalue weighted by Crippen LogP contribution is 2.31. The fraction of sp³-hybridized carbons (Fsp3) is 0.0667. The summed E-state index contributed by atoms with van der Waals surface area (Å²) in [5.74, 6) is -0.757. The molecule has 0 aliphatic rings. The van der Waals surface area contributed by atoms with Gasteiger partial charge in [-0.15, -0.1) is 0 Å². The van der Waals surface area contributed by atoms with Gasteiger partial charge in [-0.05, 0) is 29.8 Å². The average molecular weight is 292 g/mol. The first-order chi connectivity index (χ1) is 9.88. The largest absolute Gasteiger partial charge is 0.417 e. The summed E-state index contributed by atoms with van der Waals surface area (Å²) in [7, 11) is 0. The van der Waals surface area contributed by atoms with Crippen LogP contribution in [0.3, 0.4) is 0 Å². The SMILES string of the molecule is Nc1ccc(/C=C/C(=O)c2cnccc2C(F)(F)F)cc1. The second kappa shape index (κ2) is 5.78. The lowest BCUT2D eigenvalue weighted by Gasteiger charge is -2.09. The number of ketones is 1. The number of benzene rings is 1. The fourth-order valence-corrected chi connectivity index (χ4v) is 1.71. The summed E-state index contributed by atoms with van der Waals surface area (Å²) >= 11 is 0. The molecule has 0 atom stereocenters. The number of allylic oxidation sites excluding steroid dienone is 1. The van der Waals surface area contributed by atoms with Crippen LogP contribution in [-0.2, 0) is 6.18 Å². The van der Waals surface area contributed by atoms with E-state index in [-0.39, 0.29) is 0 Å². The molecule has 21 heavy (non-hydrogen) atoms. The number of anilines is 1. The van der Waals surface area contributed by atoms with Crippen LogP contribution in [0.1, 0.15) is 21.5 Å². The maximum absolute atomic E-state index is 12.8. The zero-order valence-corrected chi connectivity index (χ0v) is 10.8. The summed E-state index contributed by atoms with van der Waals surface area (Å²) in [6.45, 7) is 0. The highest BCUT2D eigenvalue weighted by molar-refractivity contribution is 6.07. The molecule has 0 fully saturated rings. The van der Waals surface area contributed by atoms with E-state index >= 15 is 0 Å². The van der Waals surface area contributed by atoms with Gasteiger partial charge >= 0.3 is 6.18 Å². The van der Waals surface area contributed by atoms with Crippen molar-refractivity contribution in [3.63, 3.8) is 0 Å². The molecule has 1 heterocycles. The fourth-order valence-electron chi connectivity index (χ4n) is 1.71. The molecule has 2 N–H and O–H groups in total. The third kappa shape index (κ3) is 3.68. The molecule has 0 radical (unpaired) electrons. The second-order valence-corrected chi connectivity index (χ2v) is 4.28. The molecule has 0 amide bonds. The van der Waals surface area contributed by atoms with Gasteiger partial charge in [0.2, 0.25) is 0 Å². The van der Waals surface area contributed by atoms with Crippen molar-refractivity contribution < 1.29 is 18.0 Å². The maximum Gasteiger partial charge on any atom is 0.417 e. The van der Waals surface area contributed by atoms with E-state index in [2.05, 4.69) is 4.98 Å². The van der Waals surface area contributed by atoms with Crippen LogP contribution < -0.4 is 5.73 Å². The third-order valence-corrected chi connectivity index (χ3v) is 2.76. The molecule has 6 heteroatoms. The number of nitrogen functional groups attached to an aromatic ring is 1. The Morgan fingerprint density at radius 2 is 1.81 bits per heavy atom. The second-order valence-electron chi connectivity index (χ2n) is 4.28. The zero-order valence-electron chi connectivity index (χ0n) is 10.8. The molecule has 2 aromatic rings. The number of alkyl halides is 3. The number of hydrogen-bond donors (Lipinski definition) is 1. The van der Waals surface area contributed by atoms with E-state index in [1.54, 1.807) is 24.3 Å². The lowest BCUT2D eigenvalue weighted by Crippen LogP contribution is -2.12. The molecule has 0 saturated heterocycles. The molecule has 0 bridgehead atoms. The molecule has 2 rings (SSSR count). The van der Waals surface area contributed by atoms with Gasteiger partial charge in [-0.25, -0.2) is 0 Å². The van der Waals surface area contributed by atoms with Crippen molar-refractivity contribution >= 4 is 17.5 Å². The number of pyridine rings is 1. The Hall–Kier alpha value is -2.63. The van der Waals surface area contributed by atoms with Gasteiger partial charge in [0, 0.05) is 18.1 Å². The molecule has 108 valence electrons.